The molecule has 0 aromatic heterocycles. The van der Waals surface area contributed by atoms with E-state index in [1.54, 1.807) is 0 Å². The van der Waals surface area contributed by atoms with Crippen molar-refractivity contribution in [3.05, 3.63) is 0 Å². The summed E-state index contributed by atoms with van der Waals surface area (Å²) in [5.74, 6) is 2.70. The van der Waals surface area contributed by atoms with Gasteiger partial charge in [-0.3, -0.25) is 4.90 Å². The molecule has 0 aromatic rings. The number of likely N-dealkylation sites (tertiary alicyclic amines) is 1. The van der Waals surface area contributed by atoms with Crippen LogP contribution in [-0.2, 0) is 0 Å². The zero-order valence-corrected chi connectivity index (χ0v) is 10.1. The summed E-state index contributed by atoms with van der Waals surface area (Å²) in [5.41, 5.74) is 0. The number of piperidine rings is 1. The highest BCUT2D eigenvalue weighted by Crippen LogP contribution is 2.09. The molecule has 1 rings (SSSR count). The maximum Gasteiger partial charge on any atom is 0.0598 e. The number of nitrogens with zero attached hydrogens (tertiary/aromatic N) is 1. The topological polar surface area (TPSA) is 35.5 Å². The molecule has 0 saturated carbocycles. The Morgan fingerprint density at radius 1 is 1.25 bits per heavy atom. The second-order valence-corrected chi connectivity index (χ2v) is 4.49. The predicted molar refractivity (Wildman–Crippen MR) is 67.2 cm³/mol. The van der Waals surface area contributed by atoms with Gasteiger partial charge in [0.15, 0.2) is 0 Å². The first-order valence-electron chi connectivity index (χ1n) is 6.37. The summed E-state index contributed by atoms with van der Waals surface area (Å²) in [6.07, 6.45) is 10.9. The molecule has 0 radical (unpaired) electrons. The molecule has 0 unspecified atom stereocenters. The molecule has 16 heavy (non-hydrogen) atoms. The molecule has 3 heteroatoms. The van der Waals surface area contributed by atoms with Crippen molar-refractivity contribution in [2.75, 3.05) is 32.8 Å². The number of unbranched alkanes of at least 4 members (excludes halogenated alkanes) is 2. The first kappa shape index (κ1) is 13.5. The number of nitrogens with one attached hydrogen (secondary N) is 1. The van der Waals surface area contributed by atoms with E-state index in [1.165, 1.54) is 19.3 Å². The van der Waals surface area contributed by atoms with Gasteiger partial charge in [-0.05, 0) is 38.6 Å². The Labute approximate surface area is 99.2 Å². The lowest BCUT2D eigenvalue weighted by molar-refractivity contribution is 0.217. The smallest absolute Gasteiger partial charge is 0.0598 e. The van der Waals surface area contributed by atoms with E-state index in [0.717, 1.165) is 39.0 Å². The van der Waals surface area contributed by atoms with Gasteiger partial charge in [0.1, 0.15) is 0 Å². The van der Waals surface area contributed by atoms with Crippen LogP contribution < -0.4 is 5.32 Å². The molecule has 92 valence electrons. The zero-order chi connectivity index (χ0) is 11.6. The molecule has 0 amide bonds. The van der Waals surface area contributed by atoms with E-state index < -0.39 is 0 Å². The molecule has 1 fully saturated rings. The van der Waals surface area contributed by atoms with Crippen LogP contribution in [0.3, 0.4) is 0 Å². The average molecular weight is 224 g/mol. The fourth-order valence-electron chi connectivity index (χ4n) is 2.14. The molecular formula is C13H24N2O. The largest absolute Gasteiger partial charge is 0.396 e. The van der Waals surface area contributed by atoms with E-state index in [4.69, 9.17) is 11.5 Å². The van der Waals surface area contributed by atoms with Crippen molar-refractivity contribution in [1.82, 2.24) is 10.2 Å². The molecule has 1 heterocycles. The van der Waals surface area contributed by atoms with E-state index in [-0.39, 0.29) is 0 Å². The molecule has 0 aromatic carbocycles. The zero-order valence-electron chi connectivity index (χ0n) is 10.1. The Morgan fingerprint density at radius 2 is 2.00 bits per heavy atom. The third-order valence-electron chi connectivity index (χ3n) is 3.17. The summed E-state index contributed by atoms with van der Waals surface area (Å²) in [6, 6.07) is 0.670. The predicted octanol–water partition coefficient (Wildman–Crippen LogP) is 0.836. The minimum Gasteiger partial charge on any atom is -0.396 e. The third-order valence-corrected chi connectivity index (χ3v) is 3.17. The average Bonchev–Trinajstić information content (AvgIpc) is 2.31. The summed E-state index contributed by atoms with van der Waals surface area (Å²) in [7, 11) is 0. The minimum atomic E-state index is 0.324. The first-order chi connectivity index (χ1) is 7.86. The number of aliphatic hydroxyl groups is 1. The minimum absolute atomic E-state index is 0.324. The summed E-state index contributed by atoms with van der Waals surface area (Å²) in [4.78, 5) is 2.34. The highest BCUT2D eigenvalue weighted by molar-refractivity contribution is 4.90. The monoisotopic (exact) mass is 224 g/mol. The number of hydrogen-bond acceptors (Lipinski definition) is 3. The SMILES string of the molecule is C#CCN1CCC(NCCCCCO)CC1. The first-order valence-corrected chi connectivity index (χ1v) is 6.37. The Bertz CT molecular complexity index is 204. The van der Waals surface area contributed by atoms with Crippen LogP contribution in [0.1, 0.15) is 32.1 Å². The van der Waals surface area contributed by atoms with Gasteiger partial charge in [0.25, 0.3) is 0 Å². The normalized spacial score (nSPS) is 18.5. The van der Waals surface area contributed by atoms with Crippen LogP contribution in [0.2, 0.25) is 0 Å². The summed E-state index contributed by atoms with van der Waals surface area (Å²) < 4.78 is 0. The fourth-order valence-corrected chi connectivity index (χ4v) is 2.14. The van der Waals surface area contributed by atoms with Gasteiger partial charge in [0.05, 0.1) is 6.54 Å². The van der Waals surface area contributed by atoms with Crippen LogP contribution in [0, 0.1) is 12.3 Å². The second-order valence-electron chi connectivity index (χ2n) is 4.49. The van der Waals surface area contributed by atoms with Gasteiger partial charge in [-0.2, -0.15) is 0 Å². The Hall–Kier alpha value is -0.560. The molecule has 0 aliphatic carbocycles. The molecule has 1 aliphatic heterocycles. The van der Waals surface area contributed by atoms with Crippen molar-refractivity contribution >= 4 is 0 Å². The van der Waals surface area contributed by atoms with Gasteiger partial charge in [-0.15, -0.1) is 6.42 Å². The molecule has 2 N–H and O–H groups in total. The highest BCUT2D eigenvalue weighted by atomic mass is 16.2. The van der Waals surface area contributed by atoms with Crippen LogP contribution in [0.15, 0.2) is 0 Å². The van der Waals surface area contributed by atoms with Crippen molar-refractivity contribution < 1.29 is 5.11 Å². The molecule has 3 nitrogen and oxygen atoms in total. The Balaban J connectivity index is 1.98. The van der Waals surface area contributed by atoms with Crippen LogP contribution in [-0.4, -0.2) is 48.8 Å². The summed E-state index contributed by atoms with van der Waals surface area (Å²) >= 11 is 0. The van der Waals surface area contributed by atoms with Crippen molar-refractivity contribution in [2.45, 2.75) is 38.1 Å². The molecule has 0 spiro atoms. The van der Waals surface area contributed by atoms with E-state index in [1.807, 2.05) is 0 Å². The third kappa shape index (κ3) is 5.50. The van der Waals surface area contributed by atoms with Crippen molar-refractivity contribution in [3.63, 3.8) is 0 Å². The maximum absolute atomic E-state index is 8.65. The van der Waals surface area contributed by atoms with Gasteiger partial charge < -0.3 is 10.4 Å². The van der Waals surface area contributed by atoms with Crippen molar-refractivity contribution in [2.24, 2.45) is 0 Å². The lowest BCUT2D eigenvalue weighted by Crippen LogP contribution is -2.42. The van der Waals surface area contributed by atoms with Gasteiger partial charge >= 0.3 is 0 Å². The fraction of sp³-hybridized carbons (Fsp3) is 0.846. The number of terminal acetylenes is 1. The van der Waals surface area contributed by atoms with Gasteiger partial charge in [0, 0.05) is 25.7 Å². The van der Waals surface area contributed by atoms with Gasteiger partial charge in [0.2, 0.25) is 0 Å². The summed E-state index contributed by atoms with van der Waals surface area (Å²) in [5, 5.41) is 12.2. The number of aliphatic hydroxyl groups excluding tert-OH is 1. The quantitative estimate of drug-likeness (QED) is 0.497. The van der Waals surface area contributed by atoms with Crippen LogP contribution >= 0.6 is 0 Å². The van der Waals surface area contributed by atoms with Crippen LogP contribution in [0.25, 0.3) is 0 Å². The number of rotatable bonds is 7. The lowest BCUT2D eigenvalue weighted by Gasteiger charge is -2.31. The van der Waals surface area contributed by atoms with Crippen LogP contribution in [0.4, 0.5) is 0 Å². The van der Waals surface area contributed by atoms with Gasteiger partial charge in [-0.25, -0.2) is 0 Å². The molecule has 1 saturated heterocycles. The Kier molecular flexibility index (Phi) is 7.24. The van der Waals surface area contributed by atoms with E-state index in [0.29, 0.717) is 12.6 Å². The molecule has 0 bridgehead atoms. The maximum atomic E-state index is 8.65. The standard InChI is InChI=1S/C13H24N2O/c1-2-9-15-10-6-13(7-11-15)14-8-4-3-5-12-16/h1,13-14,16H,3-12H2. The van der Waals surface area contributed by atoms with Crippen LogP contribution in [0.5, 0.6) is 0 Å². The lowest BCUT2D eigenvalue weighted by atomic mass is 10.0. The van der Waals surface area contributed by atoms with E-state index in [2.05, 4.69) is 16.1 Å². The van der Waals surface area contributed by atoms with Crippen molar-refractivity contribution in [3.8, 4) is 12.3 Å². The van der Waals surface area contributed by atoms with E-state index >= 15 is 0 Å². The summed E-state index contributed by atoms with van der Waals surface area (Å²) in [6.45, 7) is 4.45. The van der Waals surface area contributed by atoms with E-state index in [9.17, 15) is 0 Å². The molecular weight excluding hydrogens is 200 g/mol. The number of hydrogen-bond donors (Lipinski definition) is 2. The Morgan fingerprint density at radius 3 is 2.62 bits per heavy atom. The van der Waals surface area contributed by atoms with Gasteiger partial charge in [-0.1, -0.05) is 5.92 Å². The molecule has 0 atom stereocenters. The second kappa shape index (κ2) is 8.58. The molecule has 1 aliphatic rings. The highest BCUT2D eigenvalue weighted by Gasteiger charge is 2.17. The van der Waals surface area contributed by atoms with Crippen molar-refractivity contribution in [1.29, 1.82) is 0 Å².